The number of primary amides is 1. The molecule has 1 aromatic carbocycles. The van der Waals surface area contributed by atoms with Gasteiger partial charge in [0.15, 0.2) is 0 Å². The lowest BCUT2D eigenvalue weighted by Gasteiger charge is -2.21. The van der Waals surface area contributed by atoms with Gasteiger partial charge < -0.3 is 10.7 Å². The molecule has 1 fully saturated rings. The number of hydrogen-bond acceptors (Lipinski definition) is 4. The van der Waals surface area contributed by atoms with E-state index in [1.807, 2.05) is 18.3 Å². The summed E-state index contributed by atoms with van der Waals surface area (Å²) in [5.74, 6) is -0.0276. The maximum atomic E-state index is 12.0. The number of halogens is 1. The number of hydrogen-bond donors (Lipinski definition) is 2. The van der Waals surface area contributed by atoms with Crippen molar-refractivity contribution in [3.63, 3.8) is 0 Å². The SMILES string of the molecule is NC(=O)c1cc(-c2ccnc(Cl)c2)cc2c(C3CCS(=O)(=O)CC3)c[nH]c12. The normalized spacial score (nSPS) is 17.2. The van der Waals surface area contributed by atoms with Crippen LogP contribution in [-0.4, -0.2) is 35.8 Å². The summed E-state index contributed by atoms with van der Waals surface area (Å²) in [5.41, 5.74) is 9.33. The highest BCUT2D eigenvalue weighted by atomic mass is 35.5. The number of nitrogens with zero attached hydrogens (tertiary/aromatic N) is 1. The van der Waals surface area contributed by atoms with Crippen molar-refractivity contribution in [2.45, 2.75) is 18.8 Å². The van der Waals surface area contributed by atoms with E-state index in [0.717, 1.165) is 22.1 Å². The van der Waals surface area contributed by atoms with Crippen LogP contribution in [0.2, 0.25) is 5.15 Å². The van der Waals surface area contributed by atoms with Crippen molar-refractivity contribution < 1.29 is 13.2 Å². The Balaban J connectivity index is 1.86. The van der Waals surface area contributed by atoms with E-state index in [9.17, 15) is 13.2 Å². The molecular formula is C19H18ClN3O3S. The van der Waals surface area contributed by atoms with Gasteiger partial charge in [0, 0.05) is 17.8 Å². The highest BCUT2D eigenvalue weighted by Gasteiger charge is 2.27. The van der Waals surface area contributed by atoms with E-state index in [1.54, 1.807) is 18.3 Å². The van der Waals surface area contributed by atoms with Gasteiger partial charge in [-0.25, -0.2) is 13.4 Å². The molecule has 3 N–H and O–H groups in total. The molecule has 2 aromatic heterocycles. The van der Waals surface area contributed by atoms with E-state index in [-0.39, 0.29) is 17.4 Å². The third kappa shape index (κ3) is 3.44. The fraction of sp³-hybridized carbons (Fsp3) is 0.263. The summed E-state index contributed by atoms with van der Waals surface area (Å²) in [6.07, 6.45) is 4.62. The molecule has 8 heteroatoms. The van der Waals surface area contributed by atoms with Gasteiger partial charge in [0.2, 0.25) is 0 Å². The Morgan fingerprint density at radius 1 is 1.19 bits per heavy atom. The molecule has 140 valence electrons. The molecule has 3 heterocycles. The molecular weight excluding hydrogens is 386 g/mol. The number of benzene rings is 1. The van der Waals surface area contributed by atoms with Crippen molar-refractivity contribution in [2.24, 2.45) is 5.73 Å². The van der Waals surface area contributed by atoms with Gasteiger partial charge in [-0.1, -0.05) is 11.6 Å². The van der Waals surface area contributed by atoms with Gasteiger partial charge in [-0.3, -0.25) is 4.79 Å². The molecule has 27 heavy (non-hydrogen) atoms. The van der Waals surface area contributed by atoms with Crippen molar-refractivity contribution in [1.82, 2.24) is 9.97 Å². The second kappa shape index (κ2) is 6.65. The van der Waals surface area contributed by atoms with Crippen LogP contribution in [0.25, 0.3) is 22.0 Å². The number of rotatable bonds is 3. The molecule has 0 radical (unpaired) electrons. The molecule has 1 aliphatic rings. The van der Waals surface area contributed by atoms with Gasteiger partial charge in [0.1, 0.15) is 15.0 Å². The molecule has 3 aromatic rings. The predicted molar refractivity (Wildman–Crippen MR) is 106 cm³/mol. The van der Waals surface area contributed by atoms with Crippen molar-refractivity contribution in [1.29, 1.82) is 0 Å². The quantitative estimate of drug-likeness (QED) is 0.654. The number of fused-ring (bicyclic) bond motifs is 1. The van der Waals surface area contributed by atoms with Crippen molar-refractivity contribution in [2.75, 3.05) is 11.5 Å². The number of sulfone groups is 1. The number of carbonyl (C=O) groups excluding carboxylic acids is 1. The fourth-order valence-electron chi connectivity index (χ4n) is 3.73. The molecule has 6 nitrogen and oxygen atoms in total. The molecule has 0 saturated carbocycles. The number of H-pyrrole nitrogens is 1. The van der Waals surface area contributed by atoms with Gasteiger partial charge in [-0.05, 0) is 59.7 Å². The maximum Gasteiger partial charge on any atom is 0.250 e. The molecule has 4 rings (SSSR count). The second-order valence-electron chi connectivity index (χ2n) is 6.85. The van der Waals surface area contributed by atoms with Crippen LogP contribution >= 0.6 is 11.6 Å². The summed E-state index contributed by atoms with van der Waals surface area (Å²) < 4.78 is 23.5. The Hall–Kier alpha value is -2.38. The van der Waals surface area contributed by atoms with Crippen LogP contribution in [0.3, 0.4) is 0 Å². The van der Waals surface area contributed by atoms with Gasteiger partial charge in [0.05, 0.1) is 22.6 Å². The summed E-state index contributed by atoms with van der Waals surface area (Å²) in [6.45, 7) is 0. The smallest absolute Gasteiger partial charge is 0.250 e. The Labute approximate surface area is 161 Å². The third-order valence-corrected chi connectivity index (χ3v) is 7.06. The van der Waals surface area contributed by atoms with E-state index in [4.69, 9.17) is 17.3 Å². The maximum absolute atomic E-state index is 12.0. The van der Waals surface area contributed by atoms with E-state index in [2.05, 4.69) is 9.97 Å². The van der Waals surface area contributed by atoms with Crippen LogP contribution in [0, 0.1) is 0 Å². The average Bonchev–Trinajstić information content (AvgIpc) is 3.04. The van der Waals surface area contributed by atoms with Crippen LogP contribution < -0.4 is 5.73 Å². The zero-order valence-electron chi connectivity index (χ0n) is 14.4. The van der Waals surface area contributed by atoms with Crippen LogP contribution in [0.15, 0.2) is 36.7 Å². The Kier molecular flexibility index (Phi) is 4.44. The van der Waals surface area contributed by atoms with E-state index in [0.29, 0.717) is 29.1 Å². The number of nitrogens with two attached hydrogens (primary N) is 1. The summed E-state index contributed by atoms with van der Waals surface area (Å²) in [4.78, 5) is 19.2. The zero-order valence-corrected chi connectivity index (χ0v) is 16.0. The largest absolute Gasteiger partial charge is 0.366 e. The average molecular weight is 404 g/mol. The van der Waals surface area contributed by atoms with Gasteiger partial charge >= 0.3 is 0 Å². The second-order valence-corrected chi connectivity index (χ2v) is 9.54. The lowest BCUT2D eigenvalue weighted by atomic mass is 9.91. The first-order valence-electron chi connectivity index (χ1n) is 8.61. The number of aromatic nitrogens is 2. The predicted octanol–water partition coefficient (Wildman–Crippen LogP) is 3.27. The minimum absolute atomic E-state index is 0.124. The van der Waals surface area contributed by atoms with Gasteiger partial charge in [-0.15, -0.1) is 0 Å². The summed E-state index contributed by atoms with van der Waals surface area (Å²) in [5, 5.41) is 1.25. The zero-order chi connectivity index (χ0) is 19.2. The summed E-state index contributed by atoms with van der Waals surface area (Å²) in [7, 11) is -2.94. The molecule has 0 atom stereocenters. The first-order chi connectivity index (χ1) is 12.8. The Morgan fingerprint density at radius 3 is 2.59 bits per heavy atom. The highest BCUT2D eigenvalue weighted by molar-refractivity contribution is 7.91. The third-order valence-electron chi connectivity index (χ3n) is 5.14. The molecule has 1 aliphatic heterocycles. The Morgan fingerprint density at radius 2 is 1.93 bits per heavy atom. The molecule has 1 amide bonds. The number of carbonyl (C=O) groups is 1. The van der Waals surface area contributed by atoms with Gasteiger partial charge in [0.25, 0.3) is 5.91 Å². The molecule has 0 aliphatic carbocycles. The van der Waals surface area contributed by atoms with Crippen molar-refractivity contribution in [3.05, 3.63) is 52.9 Å². The van der Waals surface area contributed by atoms with Crippen molar-refractivity contribution in [3.8, 4) is 11.1 Å². The highest BCUT2D eigenvalue weighted by Crippen LogP contribution is 2.37. The standard InChI is InChI=1S/C19H18ClN3O3S/c20-17-9-12(1-4-22-17)13-7-14-16(11-2-5-27(25,26)6-3-11)10-23-18(14)15(8-13)19(21)24/h1,4,7-11,23H,2-3,5-6H2,(H2,21,24). The molecule has 0 bridgehead atoms. The first-order valence-corrected chi connectivity index (χ1v) is 10.8. The first kappa shape index (κ1) is 18.0. The molecule has 0 unspecified atom stereocenters. The topological polar surface area (TPSA) is 106 Å². The lowest BCUT2D eigenvalue weighted by Crippen LogP contribution is -2.22. The van der Waals surface area contributed by atoms with Crippen LogP contribution in [0.1, 0.15) is 34.7 Å². The summed E-state index contributed by atoms with van der Waals surface area (Å²) in [6, 6.07) is 7.27. The summed E-state index contributed by atoms with van der Waals surface area (Å²) >= 11 is 6.01. The van der Waals surface area contributed by atoms with E-state index < -0.39 is 15.7 Å². The van der Waals surface area contributed by atoms with Crippen LogP contribution in [0.5, 0.6) is 0 Å². The number of nitrogens with one attached hydrogen (secondary N) is 1. The number of aromatic amines is 1. The monoisotopic (exact) mass is 403 g/mol. The Bertz CT molecular complexity index is 1140. The van der Waals surface area contributed by atoms with Crippen molar-refractivity contribution >= 4 is 38.2 Å². The number of amides is 1. The van der Waals surface area contributed by atoms with E-state index in [1.165, 1.54) is 0 Å². The fourth-order valence-corrected chi connectivity index (χ4v) is 5.40. The molecule has 0 spiro atoms. The minimum atomic E-state index is -2.94. The van der Waals surface area contributed by atoms with Gasteiger partial charge in [-0.2, -0.15) is 0 Å². The minimum Gasteiger partial charge on any atom is -0.366 e. The van der Waals surface area contributed by atoms with Crippen LogP contribution in [0.4, 0.5) is 0 Å². The molecule has 1 saturated heterocycles. The lowest BCUT2D eigenvalue weighted by molar-refractivity contribution is 0.100. The van der Waals surface area contributed by atoms with E-state index >= 15 is 0 Å². The number of pyridine rings is 1. The van der Waals surface area contributed by atoms with Crippen LogP contribution in [-0.2, 0) is 9.84 Å².